The lowest BCUT2D eigenvalue weighted by molar-refractivity contribution is -0.112. The zero-order chi connectivity index (χ0) is 22.2. The van der Waals surface area contributed by atoms with E-state index in [4.69, 9.17) is 11.6 Å². The number of sulfonamides is 1. The molecule has 0 bridgehead atoms. The van der Waals surface area contributed by atoms with Crippen molar-refractivity contribution in [3.8, 4) is 0 Å². The van der Waals surface area contributed by atoms with E-state index in [0.29, 0.717) is 21.8 Å². The Morgan fingerprint density at radius 3 is 2.35 bits per heavy atom. The van der Waals surface area contributed by atoms with Crippen LogP contribution < -0.4 is 9.62 Å². The highest BCUT2D eigenvalue weighted by Gasteiger charge is 2.40. The Labute approximate surface area is 184 Å². The lowest BCUT2D eigenvalue weighted by Crippen LogP contribution is -2.39. The van der Waals surface area contributed by atoms with Crippen LogP contribution in [0.1, 0.15) is 18.1 Å². The number of hydrogen-bond acceptors (Lipinski definition) is 3. The second-order valence-electron chi connectivity index (χ2n) is 6.86. The van der Waals surface area contributed by atoms with E-state index >= 15 is 0 Å². The number of rotatable bonds is 4. The van der Waals surface area contributed by atoms with Gasteiger partial charge in [0.1, 0.15) is 5.82 Å². The van der Waals surface area contributed by atoms with Crippen molar-refractivity contribution in [1.82, 2.24) is 0 Å². The molecule has 0 fully saturated rings. The second kappa shape index (κ2) is 8.17. The van der Waals surface area contributed by atoms with E-state index in [-0.39, 0.29) is 22.7 Å². The molecule has 4 rings (SSSR count). The predicted molar refractivity (Wildman–Crippen MR) is 121 cm³/mol. The van der Waals surface area contributed by atoms with E-state index in [9.17, 15) is 17.6 Å². The molecule has 0 spiro atoms. The number of nitrogens with zero attached hydrogens (tertiary/aromatic N) is 1. The maximum absolute atomic E-state index is 13.6. The van der Waals surface area contributed by atoms with Crippen molar-refractivity contribution in [3.63, 3.8) is 0 Å². The first-order valence-electron chi connectivity index (χ1n) is 9.52. The molecule has 1 heterocycles. The monoisotopic (exact) mass is 456 g/mol. The fraction of sp³-hybridized carbons (Fsp3) is 0.0870. The van der Waals surface area contributed by atoms with Gasteiger partial charge in [0.2, 0.25) is 0 Å². The summed E-state index contributed by atoms with van der Waals surface area (Å²) in [7, 11) is -4.18. The van der Waals surface area contributed by atoms with E-state index in [1.54, 1.807) is 55.5 Å². The highest BCUT2D eigenvalue weighted by atomic mass is 35.5. The lowest BCUT2D eigenvalue weighted by Gasteiger charge is -2.33. The summed E-state index contributed by atoms with van der Waals surface area (Å²) in [5.41, 5.74) is 2.10. The zero-order valence-corrected chi connectivity index (χ0v) is 18.0. The van der Waals surface area contributed by atoms with Gasteiger partial charge in [-0.25, -0.2) is 12.8 Å². The minimum atomic E-state index is -4.18. The Morgan fingerprint density at radius 2 is 1.71 bits per heavy atom. The average molecular weight is 457 g/mol. The summed E-state index contributed by atoms with van der Waals surface area (Å²) in [5, 5.41) is 3.00. The van der Waals surface area contributed by atoms with Gasteiger partial charge in [0, 0.05) is 28.4 Å². The lowest BCUT2D eigenvalue weighted by atomic mass is 9.95. The van der Waals surface area contributed by atoms with Crippen molar-refractivity contribution >= 4 is 44.5 Å². The van der Waals surface area contributed by atoms with Gasteiger partial charge in [-0.3, -0.25) is 9.10 Å². The Kier molecular flexibility index (Phi) is 5.56. The van der Waals surface area contributed by atoms with Gasteiger partial charge >= 0.3 is 0 Å². The van der Waals surface area contributed by atoms with Crippen LogP contribution in [0.15, 0.2) is 77.7 Å². The molecular formula is C23H18ClFN2O3S. The third-order valence-corrected chi connectivity index (χ3v) is 7.11. The van der Waals surface area contributed by atoms with E-state index in [1.807, 2.05) is 0 Å². The van der Waals surface area contributed by atoms with Crippen LogP contribution in [0.2, 0.25) is 5.02 Å². The van der Waals surface area contributed by atoms with E-state index in [2.05, 4.69) is 5.32 Å². The molecular weight excluding hydrogens is 439 g/mol. The summed E-state index contributed by atoms with van der Waals surface area (Å²) in [6.45, 7) is 1.82. The first-order chi connectivity index (χ1) is 14.8. The molecule has 0 saturated heterocycles. The van der Waals surface area contributed by atoms with Crippen LogP contribution in [0.5, 0.6) is 0 Å². The molecule has 0 radical (unpaired) electrons. The summed E-state index contributed by atoms with van der Waals surface area (Å²) in [6, 6.07) is 18.8. The molecule has 0 unspecified atom stereocenters. The number of carbonyl (C=O) groups excluding carboxylic acids is 1. The minimum absolute atomic E-state index is 0.131. The molecule has 1 N–H and O–H groups in total. The van der Waals surface area contributed by atoms with Crippen LogP contribution in [0.3, 0.4) is 0 Å². The van der Waals surface area contributed by atoms with Gasteiger partial charge in [0.15, 0.2) is 4.91 Å². The molecule has 5 nitrogen and oxygen atoms in total. The van der Waals surface area contributed by atoms with Crippen molar-refractivity contribution in [3.05, 3.63) is 99.7 Å². The summed E-state index contributed by atoms with van der Waals surface area (Å²) >= 11 is 6.24. The summed E-state index contributed by atoms with van der Waals surface area (Å²) in [6.07, 6.45) is 0. The molecule has 0 atom stereocenters. The van der Waals surface area contributed by atoms with Crippen LogP contribution in [0, 0.1) is 5.82 Å². The highest BCUT2D eigenvalue weighted by Crippen LogP contribution is 2.43. The summed E-state index contributed by atoms with van der Waals surface area (Å²) in [5.74, 6) is -1.28. The highest BCUT2D eigenvalue weighted by molar-refractivity contribution is 7.97. The number of amides is 1. The fourth-order valence-corrected chi connectivity index (χ4v) is 5.52. The van der Waals surface area contributed by atoms with Crippen molar-refractivity contribution < 1.29 is 17.6 Å². The SMILES string of the molecule is CCN1c2ccc(Cl)cc2C(c2ccccc2)=C(C(=O)Nc2ccc(F)cc2)S1(=O)=O. The third kappa shape index (κ3) is 3.82. The number of carbonyl (C=O) groups is 1. The topological polar surface area (TPSA) is 66.5 Å². The van der Waals surface area contributed by atoms with Crippen molar-refractivity contribution in [2.45, 2.75) is 6.92 Å². The predicted octanol–water partition coefficient (Wildman–Crippen LogP) is 5.05. The molecule has 1 amide bonds. The van der Waals surface area contributed by atoms with Crippen LogP contribution in [0.4, 0.5) is 15.8 Å². The van der Waals surface area contributed by atoms with Gasteiger partial charge in [-0.1, -0.05) is 41.9 Å². The Hall–Kier alpha value is -3.16. The van der Waals surface area contributed by atoms with Crippen molar-refractivity contribution in [2.24, 2.45) is 0 Å². The molecule has 1 aliphatic rings. The largest absolute Gasteiger partial charge is 0.321 e. The number of fused-ring (bicyclic) bond motifs is 1. The van der Waals surface area contributed by atoms with Gasteiger partial charge < -0.3 is 5.32 Å². The molecule has 31 heavy (non-hydrogen) atoms. The molecule has 3 aromatic rings. The van der Waals surface area contributed by atoms with Crippen LogP contribution in [-0.4, -0.2) is 20.9 Å². The maximum Gasteiger partial charge on any atom is 0.270 e. The number of benzene rings is 3. The molecule has 158 valence electrons. The number of halogens is 2. The van der Waals surface area contributed by atoms with Crippen LogP contribution in [0.25, 0.3) is 5.57 Å². The van der Waals surface area contributed by atoms with Crippen molar-refractivity contribution in [1.29, 1.82) is 0 Å². The molecule has 0 saturated carbocycles. The molecule has 1 aliphatic heterocycles. The number of hydrogen-bond donors (Lipinski definition) is 1. The quantitative estimate of drug-likeness (QED) is 0.597. The maximum atomic E-state index is 13.6. The van der Waals surface area contributed by atoms with Crippen LogP contribution in [-0.2, 0) is 14.8 Å². The first kappa shape index (κ1) is 21.1. The smallest absolute Gasteiger partial charge is 0.270 e. The van der Waals surface area contributed by atoms with Gasteiger partial charge in [-0.15, -0.1) is 0 Å². The summed E-state index contributed by atoms with van der Waals surface area (Å²) < 4.78 is 41.6. The standard InChI is InChI=1S/C23H18ClFN2O3S/c1-2-27-20-13-8-16(24)14-19(20)21(15-6-4-3-5-7-15)22(31(27,29)30)23(28)26-18-11-9-17(25)10-12-18/h3-14H,2H2,1H3,(H,26,28). The van der Waals surface area contributed by atoms with E-state index in [0.717, 1.165) is 0 Å². The fourth-order valence-electron chi connectivity index (χ4n) is 3.60. The van der Waals surface area contributed by atoms with Gasteiger partial charge in [-0.05, 0) is 55.0 Å². The second-order valence-corrected chi connectivity index (χ2v) is 9.10. The zero-order valence-electron chi connectivity index (χ0n) is 16.5. The van der Waals surface area contributed by atoms with E-state index < -0.39 is 21.7 Å². The molecule has 8 heteroatoms. The molecule has 0 aliphatic carbocycles. The Bertz CT molecular complexity index is 1290. The van der Waals surface area contributed by atoms with Gasteiger partial charge in [-0.2, -0.15) is 0 Å². The molecule has 3 aromatic carbocycles. The van der Waals surface area contributed by atoms with E-state index in [1.165, 1.54) is 28.6 Å². The number of anilines is 2. The number of nitrogens with one attached hydrogen (secondary N) is 1. The average Bonchev–Trinajstić information content (AvgIpc) is 2.75. The minimum Gasteiger partial charge on any atom is -0.321 e. The van der Waals surface area contributed by atoms with Gasteiger partial charge in [0.05, 0.1) is 5.69 Å². The third-order valence-electron chi connectivity index (χ3n) is 4.93. The van der Waals surface area contributed by atoms with Crippen molar-refractivity contribution in [2.75, 3.05) is 16.2 Å². The Balaban J connectivity index is 1.99. The van der Waals surface area contributed by atoms with Gasteiger partial charge in [0.25, 0.3) is 15.9 Å². The Morgan fingerprint density at radius 1 is 1.03 bits per heavy atom. The van der Waals surface area contributed by atoms with Crippen LogP contribution >= 0.6 is 11.6 Å². The summed E-state index contributed by atoms with van der Waals surface area (Å²) in [4.78, 5) is 12.9. The molecule has 0 aromatic heterocycles. The normalized spacial score (nSPS) is 14.9. The first-order valence-corrected chi connectivity index (χ1v) is 11.3.